The lowest BCUT2D eigenvalue weighted by molar-refractivity contribution is -0.145. The molecule has 1 heterocycles. The smallest absolute Gasteiger partial charge is 0.325 e. The molecular formula is C47H73N9O15. The molecule has 0 bridgehead atoms. The van der Waals surface area contributed by atoms with E-state index in [0.717, 1.165) is 0 Å². The van der Waals surface area contributed by atoms with Crippen molar-refractivity contribution in [3.63, 3.8) is 0 Å². The highest BCUT2D eigenvalue weighted by molar-refractivity contribution is 5.98. The van der Waals surface area contributed by atoms with Crippen molar-refractivity contribution in [3.8, 4) is 5.75 Å². The van der Waals surface area contributed by atoms with Gasteiger partial charge < -0.3 is 68.3 Å². The Bertz CT molecular complexity index is 2070. The molecule has 8 amide bonds. The molecule has 13 N–H and O–H groups in total. The summed E-state index contributed by atoms with van der Waals surface area (Å²) in [7, 11) is 0. The van der Waals surface area contributed by atoms with E-state index in [2.05, 4.69) is 37.2 Å². The van der Waals surface area contributed by atoms with Gasteiger partial charge in [-0.05, 0) is 87.8 Å². The molecule has 1 aliphatic heterocycles. The molecule has 0 aliphatic carbocycles. The van der Waals surface area contributed by atoms with Crippen molar-refractivity contribution < 1.29 is 73.2 Å². The Morgan fingerprint density at radius 3 is 1.65 bits per heavy atom. The number of carbonyl (C=O) groups is 11. The van der Waals surface area contributed by atoms with E-state index in [1.807, 2.05) is 0 Å². The molecule has 1 aromatic rings. The first kappa shape index (κ1) is 60.3. The number of phenolic OH excluding ortho intramolecular Hbond substituents is 1. The summed E-state index contributed by atoms with van der Waals surface area (Å²) in [5, 5.41) is 55.2. The van der Waals surface area contributed by atoms with Crippen LogP contribution in [0.2, 0.25) is 0 Å². The lowest BCUT2D eigenvalue weighted by Gasteiger charge is -2.33. The Labute approximate surface area is 412 Å². The molecule has 396 valence electrons. The number of carboxylic acids is 3. The number of amides is 8. The number of hydrogen-bond acceptors (Lipinski definition) is 13. The standard InChI is InChI=1S/C47H73N9O15/c1-9-25(6)38(46(69)56-20-10-11-34(56)44(67)50-27(8)47(70)71)55-45(68)37(24(4)5)54-42(65)32(17-19-36(60)61)51-39(62)26(7)49-41(64)31(16-18-35(58)59)52-43(66)33(21-23(2)3)53-40(63)30(48)22-28-12-14-29(57)15-13-28/h12-15,23-27,30-34,37-38,57H,9-11,16-22,48H2,1-8H3,(H,49,64)(H,50,67)(H,51,62)(H,52,66)(H,53,63)(H,54,65)(H,55,68)(H,58,59)(H,60,61)(H,70,71)/t25-,26-,27-,30-,31-,32-,33-,34-,37-,38-/m0/s1. The van der Waals surface area contributed by atoms with Crippen LogP contribution in [0.3, 0.4) is 0 Å². The van der Waals surface area contributed by atoms with Crippen LogP contribution in [0.4, 0.5) is 0 Å². The number of nitrogens with zero attached hydrogens (tertiary/aromatic N) is 1. The Morgan fingerprint density at radius 2 is 1.14 bits per heavy atom. The largest absolute Gasteiger partial charge is 0.508 e. The van der Waals surface area contributed by atoms with E-state index in [9.17, 15) is 73.2 Å². The van der Waals surface area contributed by atoms with Crippen molar-refractivity contribution in [2.45, 2.75) is 168 Å². The van der Waals surface area contributed by atoms with Gasteiger partial charge in [0, 0.05) is 19.4 Å². The van der Waals surface area contributed by atoms with Gasteiger partial charge in [0.15, 0.2) is 0 Å². The maximum absolute atomic E-state index is 14.0. The van der Waals surface area contributed by atoms with Gasteiger partial charge in [-0.3, -0.25) is 52.7 Å². The average Bonchev–Trinajstić information content (AvgIpc) is 3.79. The van der Waals surface area contributed by atoms with Gasteiger partial charge in [-0.1, -0.05) is 60.1 Å². The van der Waals surface area contributed by atoms with Gasteiger partial charge in [0.25, 0.3) is 0 Å². The van der Waals surface area contributed by atoms with Crippen LogP contribution in [0.1, 0.15) is 112 Å². The van der Waals surface area contributed by atoms with Crippen LogP contribution in [0, 0.1) is 17.8 Å². The predicted molar refractivity (Wildman–Crippen MR) is 255 cm³/mol. The molecule has 0 radical (unpaired) electrons. The summed E-state index contributed by atoms with van der Waals surface area (Å²) in [4.78, 5) is 145. The van der Waals surface area contributed by atoms with Crippen LogP contribution in [-0.2, 0) is 59.2 Å². The lowest BCUT2D eigenvalue weighted by atomic mass is 9.95. The summed E-state index contributed by atoms with van der Waals surface area (Å²) in [5.41, 5.74) is 6.76. The summed E-state index contributed by atoms with van der Waals surface area (Å²) in [5.74, 6) is -11.8. The van der Waals surface area contributed by atoms with Gasteiger partial charge in [0.1, 0.15) is 54.1 Å². The summed E-state index contributed by atoms with van der Waals surface area (Å²) in [6.45, 7) is 12.9. The second-order valence-corrected chi connectivity index (χ2v) is 18.7. The Hall–Kier alpha value is -6.85. The Kier molecular flexibility index (Phi) is 24.4. The second-order valence-electron chi connectivity index (χ2n) is 18.7. The fraction of sp³-hybridized carbons (Fsp3) is 0.638. The minimum Gasteiger partial charge on any atom is -0.508 e. The fourth-order valence-electron chi connectivity index (χ4n) is 7.55. The molecule has 24 nitrogen and oxygen atoms in total. The second kappa shape index (κ2) is 28.7. The van der Waals surface area contributed by atoms with Gasteiger partial charge >= 0.3 is 17.9 Å². The maximum atomic E-state index is 14.0. The minimum atomic E-state index is -1.60. The first-order chi connectivity index (χ1) is 33.2. The number of rotatable bonds is 29. The van der Waals surface area contributed by atoms with Crippen molar-refractivity contribution in [3.05, 3.63) is 29.8 Å². The van der Waals surface area contributed by atoms with E-state index < -0.39 is 157 Å². The molecule has 1 aliphatic rings. The molecular weight excluding hydrogens is 931 g/mol. The number of nitrogens with two attached hydrogens (primary N) is 1. The SMILES string of the molecule is CC[C@H](C)[C@H](NC(=O)[C@@H](NC(=O)[C@H](CCC(=O)O)NC(=O)[C@H](C)NC(=O)[C@H](CCC(=O)O)NC(=O)[C@H](CC(C)C)NC(=O)[C@@H](N)Cc1ccc(O)cc1)C(C)C)C(=O)N1CCC[C@H]1C(=O)N[C@@H](C)C(=O)O. The van der Waals surface area contributed by atoms with Gasteiger partial charge in [-0.15, -0.1) is 0 Å². The van der Waals surface area contributed by atoms with E-state index in [1.54, 1.807) is 53.7 Å². The zero-order valence-electron chi connectivity index (χ0n) is 41.6. The number of phenols is 1. The zero-order valence-corrected chi connectivity index (χ0v) is 41.6. The molecule has 1 aromatic carbocycles. The highest BCUT2D eigenvalue weighted by Crippen LogP contribution is 2.22. The van der Waals surface area contributed by atoms with Crippen molar-refractivity contribution >= 4 is 65.2 Å². The summed E-state index contributed by atoms with van der Waals surface area (Å²) in [6.07, 6.45) is -0.926. The van der Waals surface area contributed by atoms with Crippen LogP contribution < -0.4 is 43.0 Å². The fourth-order valence-corrected chi connectivity index (χ4v) is 7.55. The minimum absolute atomic E-state index is 0.0127. The molecule has 1 saturated heterocycles. The third kappa shape index (κ3) is 19.8. The Balaban J connectivity index is 2.26. The molecule has 10 atom stereocenters. The molecule has 0 saturated carbocycles. The number of hydrogen-bond donors (Lipinski definition) is 12. The number of nitrogens with one attached hydrogen (secondary N) is 7. The molecule has 1 fully saturated rings. The first-order valence-corrected chi connectivity index (χ1v) is 23.8. The van der Waals surface area contributed by atoms with Crippen LogP contribution in [0.5, 0.6) is 5.75 Å². The van der Waals surface area contributed by atoms with Crippen molar-refractivity contribution in [2.75, 3.05) is 6.54 Å². The van der Waals surface area contributed by atoms with Crippen LogP contribution in [-0.4, -0.2) is 151 Å². The third-order valence-electron chi connectivity index (χ3n) is 12.0. The first-order valence-electron chi connectivity index (χ1n) is 23.8. The normalized spacial score (nSPS) is 17.2. The Morgan fingerprint density at radius 1 is 0.634 bits per heavy atom. The van der Waals surface area contributed by atoms with Crippen molar-refractivity contribution in [1.82, 2.24) is 42.1 Å². The number of carboxylic acid groups (broad SMARTS) is 3. The van der Waals surface area contributed by atoms with Gasteiger partial charge in [-0.25, -0.2) is 0 Å². The molecule has 24 heteroatoms. The molecule has 2 rings (SSSR count). The van der Waals surface area contributed by atoms with Gasteiger partial charge in [0.2, 0.25) is 47.3 Å². The van der Waals surface area contributed by atoms with E-state index in [1.165, 1.54) is 30.9 Å². The number of benzene rings is 1. The predicted octanol–water partition coefficient (Wildman–Crippen LogP) is -0.751. The van der Waals surface area contributed by atoms with E-state index >= 15 is 0 Å². The van der Waals surface area contributed by atoms with Crippen molar-refractivity contribution in [1.29, 1.82) is 0 Å². The average molecular weight is 1000 g/mol. The van der Waals surface area contributed by atoms with Gasteiger partial charge in [-0.2, -0.15) is 0 Å². The lowest BCUT2D eigenvalue weighted by Crippen LogP contribution is -2.61. The maximum Gasteiger partial charge on any atom is 0.325 e. The third-order valence-corrected chi connectivity index (χ3v) is 12.0. The molecule has 71 heavy (non-hydrogen) atoms. The van der Waals surface area contributed by atoms with Crippen LogP contribution in [0.15, 0.2) is 24.3 Å². The number of aromatic hydroxyl groups is 1. The van der Waals surface area contributed by atoms with E-state index in [4.69, 9.17) is 5.73 Å². The topological polar surface area (TPSA) is 382 Å². The van der Waals surface area contributed by atoms with Crippen LogP contribution in [0.25, 0.3) is 0 Å². The summed E-state index contributed by atoms with van der Waals surface area (Å²) >= 11 is 0. The number of carbonyl (C=O) groups excluding carboxylic acids is 8. The van der Waals surface area contributed by atoms with Crippen molar-refractivity contribution in [2.24, 2.45) is 23.5 Å². The highest BCUT2D eigenvalue weighted by atomic mass is 16.4. The highest BCUT2D eigenvalue weighted by Gasteiger charge is 2.41. The van der Waals surface area contributed by atoms with E-state index in [-0.39, 0.29) is 37.5 Å². The number of likely N-dealkylation sites (tertiary alicyclic amines) is 1. The van der Waals surface area contributed by atoms with E-state index in [0.29, 0.717) is 18.4 Å². The zero-order chi connectivity index (χ0) is 53.9. The monoisotopic (exact) mass is 1000 g/mol. The van der Waals surface area contributed by atoms with Gasteiger partial charge in [0.05, 0.1) is 6.04 Å². The van der Waals surface area contributed by atoms with Crippen LogP contribution >= 0.6 is 0 Å². The molecule has 0 unspecified atom stereocenters. The molecule has 0 aromatic heterocycles. The molecule has 0 spiro atoms. The summed E-state index contributed by atoms with van der Waals surface area (Å²) < 4.78 is 0. The number of aliphatic carboxylic acids is 3. The summed E-state index contributed by atoms with van der Waals surface area (Å²) in [6, 6.07) is -5.74. The quantitative estimate of drug-likeness (QED) is 0.0470.